The molecule has 0 spiro atoms. The second-order valence-corrected chi connectivity index (χ2v) is 38.0. The van der Waals surface area contributed by atoms with Gasteiger partial charge in [0.2, 0.25) is 0 Å². The minimum atomic E-state index is -1.03. The van der Waals surface area contributed by atoms with Crippen LogP contribution in [0.4, 0.5) is 0 Å². The first-order valence-corrected chi connectivity index (χ1v) is 50.7. The molecule has 26 heteroatoms. The van der Waals surface area contributed by atoms with Crippen molar-refractivity contribution in [2.75, 3.05) is 74.8 Å². The van der Waals surface area contributed by atoms with E-state index >= 15 is 0 Å². The predicted molar refractivity (Wildman–Crippen MR) is 452 cm³/mol. The number of unbranched alkanes of at least 4 members (excludes halogenated alkanes) is 17. The molecule has 622 valence electrons. The summed E-state index contributed by atoms with van der Waals surface area (Å²) in [4.78, 5) is 81.0. The quantitative estimate of drug-likeness (QED) is 0.0336. The molecule has 0 heterocycles. The summed E-state index contributed by atoms with van der Waals surface area (Å²) >= 11 is 16.1. The van der Waals surface area contributed by atoms with Crippen LogP contribution in [-0.4, -0.2) is 168 Å². The maximum atomic E-state index is 10.7. The molecule has 0 aromatic heterocycles. The van der Waals surface area contributed by atoms with E-state index in [0.29, 0.717) is 25.0 Å². The van der Waals surface area contributed by atoms with Gasteiger partial charge in [-0.2, -0.15) is 83.2 Å². The van der Waals surface area contributed by atoms with Crippen molar-refractivity contribution in [1.29, 1.82) is 0 Å². The van der Waals surface area contributed by atoms with Crippen LogP contribution in [0.1, 0.15) is 322 Å². The summed E-state index contributed by atoms with van der Waals surface area (Å²) < 4.78 is 2.87. The van der Waals surface area contributed by atoms with Gasteiger partial charge in [-0.1, -0.05) is 218 Å². The van der Waals surface area contributed by atoms with E-state index in [0.717, 1.165) is 128 Å². The van der Waals surface area contributed by atoms with E-state index in [2.05, 4.69) is 110 Å². The molecule has 16 nitrogen and oxygen atoms in total. The van der Waals surface area contributed by atoms with Crippen LogP contribution in [0.25, 0.3) is 0 Å². The fourth-order valence-electron chi connectivity index (χ4n) is 8.44. The van der Waals surface area contributed by atoms with E-state index in [1.54, 1.807) is 45.0 Å². The van der Waals surface area contributed by atoms with Crippen molar-refractivity contribution < 1.29 is 79.2 Å². The molecule has 1 atom stereocenters. The minimum Gasteiger partial charge on any atom is -2.00 e. The van der Waals surface area contributed by atoms with Gasteiger partial charge in [0.05, 0.1) is 35.8 Å². The Morgan fingerprint density at radius 2 is 0.467 bits per heavy atom. The molecule has 0 saturated carbocycles. The van der Waals surface area contributed by atoms with Crippen molar-refractivity contribution in [3.63, 3.8) is 0 Å². The Kier molecular flexibility index (Phi) is 130. The Morgan fingerprint density at radius 1 is 0.276 bits per heavy atom. The Hall–Kier alpha value is 0.157. The maximum absolute atomic E-state index is 10.7. The number of rotatable bonds is 62. The molecule has 0 aliphatic carbocycles. The van der Waals surface area contributed by atoms with Crippen LogP contribution < -0.4 is 40.9 Å². The van der Waals surface area contributed by atoms with Gasteiger partial charge in [-0.15, -0.1) is 0 Å². The summed E-state index contributed by atoms with van der Waals surface area (Å²) in [6, 6.07) is 0. The zero-order valence-corrected chi connectivity index (χ0v) is 80.6. The maximum Gasteiger partial charge on any atom is 0.0445 e. The van der Waals surface area contributed by atoms with Crippen LogP contribution in [0.5, 0.6) is 0 Å². The van der Waals surface area contributed by atoms with E-state index in [-0.39, 0.29) is 54.4 Å². The average molecular weight is 1850 g/mol. The first-order chi connectivity index (χ1) is 49.2. The SMILES string of the molecule is CC(C)CCCCCSCC(=O)[O-].CC(C)CCCCCSCC(=O)[O-].CC(C)CCCCCSCC(=O)[O-].CC(C)CCCCCSCC(=O)[O-].CC(C)CCCCCSCC(=O)[O-].CC(C)CCCCCSCC(=O)[O-].CCC[CH2][Sn+3].CCC[CH2][Sn+3].O=C([O-])CCCCCCC(CCS)C(=O)[O-].[S-2]. The molecule has 0 aromatic carbocycles. The van der Waals surface area contributed by atoms with Gasteiger partial charge in [0.15, 0.2) is 0 Å². The number of aliphatic carboxylic acids is 8. The van der Waals surface area contributed by atoms with Crippen LogP contribution in [0, 0.1) is 41.4 Å². The molecule has 0 saturated heterocycles. The van der Waals surface area contributed by atoms with E-state index < -0.39 is 53.7 Å². The number of thiol groups is 1. The number of carboxylic acids is 8. The largest absolute Gasteiger partial charge is 2.00 e. The van der Waals surface area contributed by atoms with E-state index in [1.165, 1.54) is 221 Å². The Balaban J connectivity index is -0.000000122. The van der Waals surface area contributed by atoms with Gasteiger partial charge >= 0.3 is 93.5 Å². The molecule has 0 aliphatic rings. The van der Waals surface area contributed by atoms with Crippen molar-refractivity contribution in [2.45, 2.75) is 331 Å². The van der Waals surface area contributed by atoms with Crippen LogP contribution in [0.3, 0.4) is 0 Å². The number of carboxylic acid groups (broad SMARTS) is 8. The third-order valence-corrected chi connectivity index (χ3v) is 22.7. The molecule has 0 radical (unpaired) electrons. The van der Waals surface area contributed by atoms with Gasteiger partial charge in [-0.3, -0.25) is 0 Å². The molecule has 0 fully saturated rings. The first-order valence-electron chi connectivity index (χ1n) is 39.1. The Bertz CT molecular complexity index is 1560. The zero-order chi connectivity index (χ0) is 81.3. The van der Waals surface area contributed by atoms with E-state index in [4.69, 9.17) is 0 Å². The van der Waals surface area contributed by atoms with E-state index in [9.17, 15) is 79.2 Å². The molecule has 0 amide bonds. The topological polar surface area (TPSA) is 321 Å². The third-order valence-electron chi connectivity index (χ3n) is 14.3. The fourth-order valence-corrected chi connectivity index (χ4v) is 15.1. The summed E-state index contributed by atoms with van der Waals surface area (Å²) in [6.07, 6.45) is 39.2. The predicted octanol–water partition coefficient (Wildman–Crippen LogP) is 12.6. The fraction of sp³-hybridized carbons (Fsp3) is 0.899. The molecule has 105 heavy (non-hydrogen) atoms. The molecular weight excluding hydrogens is 1700 g/mol. The van der Waals surface area contributed by atoms with Crippen LogP contribution in [0.15, 0.2) is 0 Å². The molecular formula is C79H150O16S8Sn2-4. The summed E-state index contributed by atoms with van der Waals surface area (Å²) in [5.74, 6) is 3.67. The molecule has 0 rings (SSSR count). The average Bonchev–Trinajstić information content (AvgIpc) is 1.39. The number of thioether (sulfide) groups is 6. The smallest absolute Gasteiger partial charge is 0.0445 e. The second kappa shape index (κ2) is 108. The summed E-state index contributed by atoms with van der Waals surface area (Å²) in [5.41, 5.74) is 0. The van der Waals surface area contributed by atoms with Gasteiger partial charge in [0.1, 0.15) is 0 Å². The first kappa shape index (κ1) is 126. The molecule has 0 aliphatic heterocycles. The number of carbonyl (C=O) groups is 8. The Labute approximate surface area is 708 Å². The molecule has 0 N–H and O–H groups in total. The monoisotopic (exact) mass is 1850 g/mol. The van der Waals surface area contributed by atoms with Gasteiger partial charge in [0.25, 0.3) is 0 Å². The third kappa shape index (κ3) is 169. The van der Waals surface area contributed by atoms with Crippen LogP contribution in [-0.2, 0) is 51.9 Å². The van der Waals surface area contributed by atoms with Crippen molar-refractivity contribution in [3.05, 3.63) is 0 Å². The van der Waals surface area contributed by atoms with Crippen molar-refractivity contribution in [2.24, 2.45) is 41.4 Å². The number of carbonyl (C=O) groups excluding carboxylic acids is 8. The van der Waals surface area contributed by atoms with Crippen LogP contribution in [0.2, 0.25) is 8.87 Å². The number of hydrogen-bond acceptors (Lipinski definition) is 23. The second-order valence-electron chi connectivity index (χ2n) is 28.1. The van der Waals surface area contributed by atoms with Gasteiger partial charge in [-0.25, -0.2) is 0 Å². The normalized spacial score (nSPS) is 10.6. The molecule has 0 aromatic rings. The van der Waals surface area contributed by atoms with E-state index in [1.807, 2.05) is 0 Å². The standard InChI is InChI=1S/C11H20O4S.6C10H20O2S.2C4H9.S.2Sn/c12-10(13)6-4-2-1-3-5-9(7-8-16)11(14)15;6*1-9(2)6-4-3-5-7-13-8-10(11)12;2*1-3-4-2;;;/h9,16H,1-8H2,(H,12,13)(H,14,15);6*9H,3-8H2,1-2H3,(H,11,12);2*1,3-4H2,2H3;;;/q;;;;;;;;;-2;2*+3/p-8. The van der Waals surface area contributed by atoms with Gasteiger partial charge in [0, 0.05) is 46.5 Å². The number of hydrogen-bond donors (Lipinski definition) is 1. The Morgan fingerprint density at radius 3 is 0.610 bits per heavy atom. The molecule has 1 unspecified atom stereocenters. The minimum absolute atomic E-state index is 0. The van der Waals surface area contributed by atoms with Crippen molar-refractivity contribution in [1.82, 2.24) is 0 Å². The van der Waals surface area contributed by atoms with Crippen molar-refractivity contribution in [3.8, 4) is 0 Å². The molecule has 0 bridgehead atoms. The van der Waals surface area contributed by atoms with Crippen molar-refractivity contribution >= 4 is 190 Å². The summed E-state index contributed by atoms with van der Waals surface area (Å²) in [6.45, 7) is 31.2. The van der Waals surface area contributed by atoms with Gasteiger partial charge < -0.3 is 92.7 Å². The summed E-state index contributed by atoms with van der Waals surface area (Å²) in [5, 5.41) is 81.0. The zero-order valence-electron chi connectivity index (χ0n) is 68.2. The summed E-state index contributed by atoms with van der Waals surface area (Å²) in [7, 11) is 0. The van der Waals surface area contributed by atoms with Crippen LogP contribution >= 0.6 is 83.2 Å². The van der Waals surface area contributed by atoms with Gasteiger partial charge in [-0.05, 0) is 146 Å².